The molecule has 0 aliphatic carbocycles. The minimum absolute atomic E-state index is 0.107. The first-order valence-electron chi connectivity index (χ1n) is 10.7. The second kappa shape index (κ2) is 10.4. The van der Waals surface area contributed by atoms with Crippen molar-refractivity contribution in [3.05, 3.63) is 54.9 Å². The van der Waals surface area contributed by atoms with Gasteiger partial charge in [-0.3, -0.25) is 9.67 Å². The third-order valence-electron chi connectivity index (χ3n) is 5.60. The van der Waals surface area contributed by atoms with Gasteiger partial charge in [0.15, 0.2) is 0 Å². The molecule has 0 saturated carbocycles. The van der Waals surface area contributed by atoms with Crippen LogP contribution in [0.15, 0.2) is 59.8 Å². The number of aromatic nitrogens is 4. The van der Waals surface area contributed by atoms with Gasteiger partial charge in [0.1, 0.15) is 11.4 Å². The van der Waals surface area contributed by atoms with E-state index in [1.807, 2.05) is 24.4 Å². The quantitative estimate of drug-likeness (QED) is 0.480. The number of rotatable bonds is 9. The summed E-state index contributed by atoms with van der Waals surface area (Å²) < 4.78 is 41.2. The van der Waals surface area contributed by atoms with Gasteiger partial charge in [-0.15, -0.1) is 5.10 Å². The van der Waals surface area contributed by atoms with E-state index in [0.717, 1.165) is 5.69 Å². The van der Waals surface area contributed by atoms with E-state index in [0.29, 0.717) is 37.3 Å². The first-order valence-corrected chi connectivity index (χ1v) is 12.2. The monoisotopic (exact) mass is 473 g/mol. The largest absolute Gasteiger partial charge is 0.497 e. The topological polar surface area (TPSA) is 128 Å². The molecule has 2 aromatic heterocycles. The number of aliphatic hydroxyl groups is 1. The van der Waals surface area contributed by atoms with Crippen LogP contribution >= 0.6 is 0 Å². The van der Waals surface area contributed by atoms with Crippen molar-refractivity contribution >= 4 is 10.0 Å². The van der Waals surface area contributed by atoms with E-state index in [1.165, 1.54) is 19.2 Å². The Bertz CT molecular complexity index is 1150. The Morgan fingerprint density at radius 3 is 2.85 bits per heavy atom. The highest BCUT2D eigenvalue weighted by molar-refractivity contribution is 7.89. The van der Waals surface area contributed by atoms with Crippen LogP contribution in [-0.2, 0) is 21.3 Å². The Kier molecular flexibility index (Phi) is 7.33. The number of aliphatic hydroxyl groups excluding tert-OH is 1. The maximum Gasteiger partial charge on any atom is 0.241 e. The molecule has 4 rings (SSSR count). The summed E-state index contributed by atoms with van der Waals surface area (Å²) in [4.78, 5) is 4.38. The average Bonchev–Trinajstić information content (AvgIpc) is 3.33. The Morgan fingerprint density at radius 2 is 2.09 bits per heavy atom. The number of benzene rings is 1. The number of nitrogens with one attached hydrogen (secondary N) is 1. The molecule has 0 bridgehead atoms. The van der Waals surface area contributed by atoms with Crippen LogP contribution in [0.5, 0.6) is 5.75 Å². The molecule has 0 amide bonds. The highest BCUT2D eigenvalue weighted by Crippen LogP contribution is 2.25. The molecule has 0 spiro atoms. The molecule has 0 radical (unpaired) electrons. The lowest BCUT2D eigenvalue weighted by molar-refractivity contribution is -0.0891. The van der Waals surface area contributed by atoms with Crippen LogP contribution in [0, 0.1) is 0 Å². The number of aryl methyl sites for hydroxylation is 1. The molecule has 3 atom stereocenters. The molecule has 1 aliphatic heterocycles. The molecule has 1 saturated heterocycles. The van der Waals surface area contributed by atoms with Gasteiger partial charge in [0.05, 0.1) is 48.8 Å². The average molecular weight is 474 g/mol. The highest BCUT2D eigenvalue weighted by Gasteiger charge is 2.34. The van der Waals surface area contributed by atoms with Crippen molar-refractivity contribution in [2.24, 2.45) is 0 Å². The number of nitrogens with zero attached hydrogens (tertiary/aromatic N) is 4. The van der Waals surface area contributed by atoms with Crippen LogP contribution < -0.4 is 9.46 Å². The predicted molar refractivity (Wildman–Crippen MR) is 120 cm³/mol. The minimum atomic E-state index is -3.78. The minimum Gasteiger partial charge on any atom is -0.497 e. The summed E-state index contributed by atoms with van der Waals surface area (Å²) in [6.45, 7) is 0.303. The maximum absolute atomic E-state index is 12.8. The molecule has 0 unspecified atom stereocenters. The summed E-state index contributed by atoms with van der Waals surface area (Å²) in [5.74, 6) is 0.454. The first-order chi connectivity index (χ1) is 16.0. The number of hydrogen-bond donors (Lipinski definition) is 2. The lowest BCUT2D eigenvalue weighted by atomic mass is 9.98. The number of pyridine rings is 1. The Labute approximate surface area is 192 Å². The van der Waals surface area contributed by atoms with Gasteiger partial charge in [-0.25, -0.2) is 13.1 Å². The summed E-state index contributed by atoms with van der Waals surface area (Å²) in [7, 11) is -2.30. The van der Waals surface area contributed by atoms with Gasteiger partial charge < -0.3 is 14.6 Å². The smallest absolute Gasteiger partial charge is 0.241 e. The molecule has 1 aliphatic rings. The van der Waals surface area contributed by atoms with E-state index in [1.54, 1.807) is 23.0 Å². The third kappa shape index (κ3) is 5.74. The zero-order chi connectivity index (χ0) is 23.3. The molecular weight excluding hydrogens is 446 g/mol. The molecule has 3 aromatic rings. The fourth-order valence-corrected chi connectivity index (χ4v) is 5.16. The van der Waals surface area contributed by atoms with E-state index in [9.17, 15) is 13.5 Å². The molecule has 176 valence electrons. The maximum atomic E-state index is 12.8. The van der Waals surface area contributed by atoms with E-state index in [2.05, 4.69) is 20.0 Å². The highest BCUT2D eigenvalue weighted by atomic mass is 32.2. The Balaban J connectivity index is 1.33. The van der Waals surface area contributed by atoms with Crippen LogP contribution in [0.25, 0.3) is 11.4 Å². The molecule has 10 nitrogen and oxygen atoms in total. The van der Waals surface area contributed by atoms with Crippen molar-refractivity contribution in [1.82, 2.24) is 24.7 Å². The summed E-state index contributed by atoms with van der Waals surface area (Å²) in [5, 5.41) is 18.1. The van der Waals surface area contributed by atoms with Gasteiger partial charge in [-0.05, 0) is 43.5 Å². The van der Waals surface area contributed by atoms with Crippen LogP contribution in [-0.4, -0.2) is 65.5 Å². The van der Waals surface area contributed by atoms with E-state index >= 15 is 0 Å². The van der Waals surface area contributed by atoms with Gasteiger partial charge in [0.25, 0.3) is 0 Å². The van der Waals surface area contributed by atoms with Gasteiger partial charge in [-0.1, -0.05) is 17.3 Å². The summed E-state index contributed by atoms with van der Waals surface area (Å²) in [6.07, 6.45) is 4.65. The van der Waals surface area contributed by atoms with Gasteiger partial charge in [-0.2, -0.15) is 0 Å². The summed E-state index contributed by atoms with van der Waals surface area (Å²) in [5.41, 5.74) is 1.45. The van der Waals surface area contributed by atoms with E-state index in [-0.39, 0.29) is 17.6 Å². The van der Waals surface area contributed by atoms with Crippen molar-refractivity contribution in [1.29, 1.82) is 0 Å². The van der Waals surface area contributed by atoms with Gasteiger partial charge in [0, 0.05) is 18.8 Å². The van der Waals surface area contributed by atoms with Crippen molar-refractivity contribution in [3.63, 3.8) is 0 Å². The molecule has 1 fully saturated rings. The molecule has 33 heavy (non-hydrogen) atoms. The second-order valence-electron chi connectivity index (χ2n) is 7.83. The van der Waals surface area contributed by atoms with Crippen LogP contribution in [0.4, 0.5) is 0 Å². The summed E-state index contributed by atoms with van der Waals surface area (Å²) >= 11 is 0. The molecule has 1 aromatic carbocycles. The van der Waals surface area contributed by atoms with Gasteiger partial charge >= 0.3 is 0 Å². The lowest BCUT2D eigenvalue weighted by Crippen LogP contribution is -2.50. The fourth-order valence-electron chi connectivity index (χ4n) is 3.83. The molecule has 3 heterocycles. The zero-order valence-corrected chi connectivity index (χ0v) is 19.1. The Morgan fingerprint density at radius 1 is 1.21 bits per heavy atom. The van der Waals surface area contributed by atoms with Crippen molar-refractivity contribution < 1.29 is 23.0 Å². The number of ether oxygens (including phenoxy) is 2. The second-order valence-corrected chi connectivity index (χ2v) is 9.55. The zero-order valence-electron chi connectivity index (χ0n) is 18.2. The molecule has 11 heteroatoms. The standard InChI is InChI=1S/C22H27N5O5S/c1-31-17-5-4-6-18(13-17)33(29,30)25-20-9-8-16(32-22(20)15-28)10-12-27-14-21(24-26-27)19-7-2-3-11-23-19/h2-7,11,13-14,16,20,22,25,28H,8-10,12,15H2,1H3/t16-,20+,22-/m0/s1. The number of sulfonamides is 1. The van der Waals surface area contributed by atoms with Crippen LogP contribution in [0.3, 0.4) is 0 Å². The van der Waals surface area contributed by atoms with Crippen molar-refractivity contribution in [2.45, 2.75) is 49.0 Å². The Hall–Kier alpha value is -2.86. The lowest BCUT2D eigenvalue weighted by Gasteiger charge is -2.36. The fraction of sp³-hybridized carbons (Fsp3) is 0.409. The first kappa shape index (κ1) is 23.3. The van der Waals surface area contributed by atoms with Crippen LogP contribution in [0.2, 0.25) is 0 Å². The summed E-state index contributed by atoms with van der Waals surface area (Å²) in [6, 6.07) is 11.3. The van der Waals surface area contributed by atoms with E-state index < -0.39 is 22.2 Å². The van der Waals surface area contributed by atoms with Crippen molar-refractivity contribution in [3.8, 4) is 17.1 Å². The van der Waals surface area contributed by atoms with Crippen LogP contribution in [0.1, 0.15) is 19.3 Å². The van der Waals surface area contributed by atoms with E-state index in [4.69, 9.17) is 9.47 Å². The SMILES string of the molecule is COc1cccc(S(=O)(=O)N[C@@H]2CC[C@@H](CCn3cc(-c4ccccn4)nn3)O[C@H]2CO)c1. The predicted octanol–water partition coefficient (Wildman–Crippen LogP) is 1.63. The molecule has 2 N–H and O–H groups in total. The normalized spacial score (nSPS) is 21.1. The third-order valence-corrected chi connectivity index (χ3v) is 7.09. The number of methoxy groups -OCH3 is 1. The molecular formula is C22H27N5O5S. The van der Waals surface area contributed by atoms with Gasteiger partial charge in [0.2, 0.25) is 10.0 Å². The van der Waals surface area contributed by atoms with Crippen molar-refractivity contribution in [2.75, 3.05) is 13.7 Å². The number of hydrogen-bond acceptors (Lipinski definition) is 8.